The molecule has 0 saturated heterocycles. The molecule has 1 heterocycles. The van der Waals surface area contributed by atoms with Crippen molar-refractivity contribution in [3.05, 3.63) is 77.4 Å². The van der Waals surface area contributed by atoms with Gasteiger partial charge in [0, 0.05) is 29.9 Å². The number of fused-ring (bicyclic) bond motifs is 1. The van der Waals surface area contributed by atoms with Crippen molar-refractivity contribution in [1.82, 2.24) is 5.32 Å². The maximum Gasteiger partial charge on any atom is 0.339 e. The number of benzene rings is 2. The predicted molar refractivity (Wildman–Crippen MR) is 116 cm³/mol. The standard InChI is InChI=1S/C24H25FN2O3/c1-16(19(10-12-26-2)24(28)29-3)27-15-18-11-13-30-23-14-17(8-9-21(18)23)20-6-4-5-7-22(20)25/h4-10,12,14,18,27H,2,11,13,15H2,1,3H3/b12-10-,19-16-/t18-/m0/s1. The Morgan fingerprint density at radius 2 is 2.17 bits per heavy atom. The summed E-state index contributed by atoms with van der Waals surface area (Å²) in [6, 6.07) is 12.5. The fourth-order valence-electron chi connectivity index (χ4n) is 3.49. The number of hydrogen-bond donors (Lipinski definition) is 1. The van der Waals surface area contributed by atoms with Gasteiger partial charge in [-0.3, -0.25) is 4.99 Å². The van der Waals surface area contributed by atoms with Crippen LogP contribution in [0.2, 0.25) is 0 Å². The van der Waals surface area contributed by atoms with Gasteiger partial charge in [0.2, 0.25) is 0 Å². The summed E-state index contributed by atoms with van der Waals surface area (Å²) in [6.07, 6.45) is 3.86. The van der Waals surface area contributed by atoms with E-state index in [4.69, 9.17) is 9.47 Å². The van der Waals surface area contributed by atoms with Crippen LogP contribution in [0.3, 0.4) is 0 Å². The Morgan fingerprint density at radius 3 is 2.90 bits per heavy atom. The van der Waals surface area contributed by atoms with Crippen molar-refractivity contribution in [2.24, 2.45) is 4.99 Å². The molecule has 0 fully saturated rings. The predicted octanol–water partition coefficient (Wildman–Crippen LogP) is 4.61. The van der Waals surface area contributed by atoms with Crippen molar-refractivity contribution in [3.63, 3.8) is 0 Å². The lowest BCUT2D eigenvalue weighted by Gasteiger charge is -2.27. The second-order valence-electron chi connectivity index (χ2n) is 6.98. The molecule has 30 heavy (non-hydrogen) atoms. The Balaban J connectivity index is 1.81. The lowest BCUT2D eigenvalue weighted by Crippen LogP contribution is -2.26. The van der Waals surface area contributed by atoms with E-state index < -0.39 is 5.97 Å². The summed E-state index contributed by atoms with van der Waals surface area (Å²) >= 11 is 0. The lowest BCUT2D eigenvalue weighted by molar-refractivity contribution is -0.135. The first kappa shape index (κ1) is 21.3. The largest absolute Gasteiger partial charge is 0.493 e. The Morgan fingerprint density at radius 1 is 1.37 bits per heavy atom. The van der Waals surface area contributed by atoms with Gasteiger partial charge in [-0.25, -0.2) is 9.18 Å². The third kappa shape index (κ3) is 4.76. The SMILES string of the molecule is C=N/C=C\C(C(=O)OC)=C(/C)NC[C@@H]1CCOc2cc(-c3ccccc3F)ccc21. The smallest absolute Gasteiger partial charge is 0.339 e. The van der Waals surface area contributed by atoms with Gasteiger partial charge in [0.15, 0.2) is 0 Å². The highest BCUT2D eigenvalue weighted by Crippen LogP contribution is 2.37. The van der Waals surface area contributed by atoms with Gasteiger partial charge in [-0.1, -0.05) is 30.3 Å². The van der Waals surface area contributed by atoms with Crippen LogP contribution in [0, 0.1) is 5.82 Å². The molecule has 6 heteroatoms. The maximum atomic E-state index is 14.1. The number of esters is 1. The summed E-state index contributed by atoms with van der Waals surface area (Å²) in [7, 11) is 1.34. The molecule has 1 atom stereocenters. The van der Waals surface area contributed by atoms with Crippen molar-refractivity contribution in [1.29, 1.82) is 0 Å². The first-order valence-electron chi connectivity index (χ1n) is 9.72. The second kappa shape index (κ2) is 9.87. The third-order valence-electron chi connectivity index (χ3n) is 5.13. The number of allylic oxidation sites excluding steroid dienone is 1. The number of nitrogens with zero attached hydrogens (tertiary/aromatic N) is 1. The van der Waals surface area contributed by atoms with E-state index in [-0.39, 0.29) is 11.7 Å². The second-order valence-corrected chi connectivity index (χ2v) is 6.98. The highest BCUT2D eigenvalue weighted by atomic mass is 19.1. The van der Waals surface area contributed by atoms with Gasteiger partial charge in [0.05, 0.1) is 19.3 Å². The quantitative estimate of drug-likeness (QED) is 0.315. The molecule has 0 aromatic heterocycles. The molecule has 2 aromatic carbocycles. The van der Waals surface area contributed by atoms with E-state index in [9.17, 15) is 9.18 Å². The molecular formula is C24H25FN2O3. The summed E-state index contributed by atoms with van der Waals surface area (Å²) in [4.78, 5) is 15.7. The minimum absolute atomic E-state index is 0.193. The monoisotopic (exact) mass is 408 g/mol. The number of halogens is 1. The molecule has 0 radical (unpaired) electrons. The molecule has 5 nitrogen and oxygen atoms in total. The van der Waals surface area contributed by atoms with E-state index in [0.717, 1.165) is 23.3 Å². The molecule has 1 N–H and O–H groups in total. The number of ether oxygens (including phenoxy) is 2. The number of nitrogens with one attached hydrogen (secondary N) is 1. The number of rotatable bonds is 7. The van der Waals surface area contributed by atoms with Gasteiger partial charge in [-0.05, 0) is 49.4 Å². The van der Waals surface area contributed by atoms with E-state index >= 15 is 0 Å². The third-order valence-corrected chi connectivity index (χ3v) is 5.13. The zero-order valence-corrected chi connectivity index (χ0v) is 17.2. The van der Waals surface area contributed by atoms with Crippen LogP contribution < -0.4 is 10.1 Å². The highest BCUT2D eigenvalue weighted by Gasteiger charge is 2.23. The minimum atomic E-state index is -0.443. The van der Waals surface area contributed by atoms with E-state index in [1.54, 1.807) is 18.2 Å². The van der Waals surface area contributed by atoms with Crippen molar-refractivity contribution in [2.75, 3.05) is 20.3 Å². The molecular weight excluding hydrogens is 383 g/mol. The van der Waals surface area contributed by atoms with Crippen LogP contribution in [0.5, 0.6) is 5.75 Å². The van der Waals surface area contributed by atoms with Gasteiger partial charge in [-0.2, -0.15) is 0 Å². The Kier molecular flexibility index (Phi) is 7.01. The number of methoxy groups -OCH3 is 1. The average Bonchev–Trinajstić information content (AvgIpc) is 2.77. The van der Waals surface area contributed by atoms with Crippen LogP contribution in [0.4, 0.5) is 4.39 Å². The Bertz CT molecular complexity index is 998. The lowest BCUT2D eigenvalue weighted by atomic mass is 9.91. The molecule has 1 aliphatic heterocycles. The fraction of sp³-hybridized carbons (Fsp3) is 0.250. The van der Waals surface area contributed by atoms with Crippen LogP contribution in [-0.2, 0) is 9.53 Å². The Hall–Kier alpha value is -3.41. The summed E-state index contributed by atoms with van der Waals surface area (Å²) in [5.74, 6) is 0.254. The number of hydrogen-bond acceptors (Lipinski definition) is 5. The first-order valence-corrected chi connectivity index (χ1v) is 9.72. The molecule has 0 unspecified atom stereocenters. The maximum absolute atomic E-state index is 14.1. The van der Waals surface area contributed by atoms with Gasteiger partial charge in [-0.15, -0.1) is 0 Å². The van der Waals surface area contributed by atoms with E-state index in [2.05, 4.69) is 17.0 Å². The summed E-state index contributed by atoms with van der Waals surface area (Å²) in [6.45, 7) is 6.41. The molecule has 0 aliphatic carbocycles. The van der Waals surface area contributed by atoms with Gasteiger partial charge in [0.25, 0.3) is 0 Å². The van der Waals surface area contributed by atoms with E-state index in [1.165, 1.54) is 19.4 Å². The van der Waals surface area contributed by atoms with Crippen molar-refractivity contribution in [2.45, 2.75) is 19.3 Å². The van der Waals surface area contributed by atoms with Gasteiger partial charge >= 0.3 is 5.97 Å². The summed E-state index contributed by atoms with van der Waals surface area (Å²) in [5.41, 5.74) is 3.48. The van der Waals surface area contributed by atoms with Crippen molar-refractivity contribution >= 4 is 12.7 Å². The van der Waals surface area contributed by atoms with Gasteiger partial charge in [0.1, 0.15) is 11.6 Å². The fourth-order valence-corrected chi connectivity index (χ4v) is 3.49. The van der Waals surface area contributed by atoms with Crippen LogP contribution >= 0.6 is 0 Å². The zero-order chi connectivity index (χ0) is 21.5. The topological polar surface area (TPSA) is 59.9 Å². The molecule has 0 bridgehead atoms. The van der Waals surface area contributed by atoms with E-state index in [0.29, 0.717) is 30.0 Å². The molecule has 3 rings (SSSR count). The molecule has 2 aromatic rings. The Labute approximate surface area is 175 Å². The number of carbonyl (C=O) groups excluding carboxylic acids is 1. The normalized spacial score (nSPS) is 16.3. The first-order chi connectivity index (χ1) is 14.5. The van der Waals surface area contributed by atoms with Crippen LogP contribution in [-0.4, -0.2) is 32.9 Å². The number of carbonyl (C=O) groups is 1. The minimum Gasteiger partial charge on any atom is -0.493 e. The average molecular weight is 408 g/mol. The zero-order valence-electron chi connectivity index (χ0n) is 17.2. The number of aliphatic imine (C=N–C) groups is 1. The molecule has 156 valence electrons. The van der Waals surface area contributed by atoms with Gasteiger partial charge < -0.3 is 14.8 Å². The van der Waals surface area contributed by atoms with Crippen molar-refractivity contribution in [3.8, 4) is 16.9 Å². The van der Waals surface area contributed by atoms with Crippen LogP contribution in [0.15, 0.2) is 71.0 Å². The molecule has 1 aliphatic rings. The highest BCUT2D eigenvalue weighted by molar-refractivity contribution is 5.92. The van der Waals surface area contributed by atoms with Crippen LogP contribution in [0.1, 0.15) is 24.8 Å². The molecule has 0 saturated carbocycles. The van der Waals surface area contributed by atoms with Crippen molar-refractivity contribution < 1.29 is 18.7 Å². The van der Waals surface area contributed by atoms with Crippen LogP contribution in [0.25, 0.3) is 11.1 Å². The molecule has 0 amide bonds. The molecule has 0 spiro atoms. The summed E-state index contributed by atoms with van der Waals surface area (Å²) < 4.78 is 24.8. The summed E-state index contributed by atoms with van der Waals surface area (Å²) in [5, 5.41) is 3.32. The van der Waals surface area contributed by atoms with E-state index in [1.807, 2.05) is 31.2 Å².